The Kier molecular flexibility index (Phi) is 5.59. The van der Waals surface area contributed by atoms with Crippen molar-refractivity contribution < 1.29 is 13.9 Å². The number of aromatic nitrogens is 2. The van der Waals surface area contributed by atoms with Crippen molar-refractivity contribution in [2.75, 3.05) is 26.3 Å². The summed E-state index contributed by atoms with van der Waals surface area (Å²) in [6.07, 6.45) is 5.42. The third-order valence-corrected chi connectivity index (χ3v) is 6.53. The molecule has 2 fully saturated rings. The summed E-state index contributed by atoms with van der Waals surface area (Å²) < 4.78 is 11.0. The van der Waals surface area contributed by atoms with Gasteiger partial charge in [0.1, 0.15) is 6.26 Å². The summed E-state index contributed by atoms with van der Waals surface area (Å²) in [5.41, 5.74) is 1.58. The second-order valence-electron chi connectivity index (χ2n) is 7.81. The van der Waals surface area contributed by atoms with Gasteiger partial charge in [0.2, 0.25) is 0 Å². The molecule has 27 heavy (non-hydrogen) atoms. The maximum absolute atomic E-state index is 12.9. The summed E-state index contributed by atoms with van der Waals surface area (Å²) in [5.74, 6) is 1.68. The second-order valence-corrected chi connectivity index (χ2v) is 8.70. The molecule has 1 amide bonds. The van der Waals surface area contributed by atoms with Crippen LogP contribution in [0.4, 0.5) is 0 Å². The molecule has 7 heteroatoms. The van der Waals surface area contributed by atoms with Crippen LogP contribution >= 0.6 is 11.3 Å². The van der Waals surface area contributed by atoms with Crippen LogP contribution < -0.4 is 0 Å². The van der Waals surface area contributed by atoms with Gasteiger partial charge in [-0.05, 0) is 31.6 Å². The van der Waals surface area contributed by atoms with Crippen LogP contribution in [0.5, 0.6) is 0 Å². The highest BCUT2D eigenvalue weighted by Crippen LogP contribution is 2.32. The van der Waals surface area contributed by atoms with Crippen molar-refractivity contribution in [1.29, 1.82) is 0 Å². The Hall–Kier alpha value is -1.73. The van der Waals surface area contributed by atoms with Gasteiger partial charge >= 0.3 is 0 Å². The first-order valence-corrected chi connectivity index (χ1v) is 10.8. The maximum atomic E-state index is 12.9. The van der Waals surface area contributed by atoms with Crippen LogP contribution in [0.2, 0.25) is 0 Å². The van der Waals surface area contributed by atoms with Crippen molar-refractivity contribution in [3.8, 4) is 0 Å². The van der Waals surface area contributed by atoms with Gasteiger partial charge in [-0.1, -0.05) is 13.8 Å². The van der Waals surface area contributed by atoms with Crippen molar-refractivity contribution in [1.82, 2.24) is 14.9 Å². The van der Waals surface area contributed by atoms with E-state index in [1.807, 2.05) is 4.90 Å². The molecule has 0 N–H and O–H groups in total. The molecule has 6 nitrogen and oxygen atoms in total. The SMILES string of the molecule is CC(C)c1csc([C@@H]2CCCN(C(=O)c3coc(C4CCOCC4)n3)C2)n1. The number of likely N-dealkylation sites (tertiary alicyclic amines) is 1. The molecule has 2 aliphatic heterocycles. The largest absolute Gasteiger partial charge is 0.448 e. The molecule has 0 aliphatic carbocycles. The first kappa shape index (κ1) is 18.6. The summed E-state index contributed by atoms with van der Waals surface area (Å²) in [6, 6.07) is 0. The average molecular weight is 390 g/mol. The lowest BCUT2D eigenvalue weighted by atomic mass is 9.98. The molecule has 2 saturated heterocycles. The van der Waals surface area contributed by atoms with Crippen LogP contribution in [0.1, 0.15) is 84.4 Å². The van der Waals surface area contributed by atoms with E-state index in [0.717, 1.165) is 56.1 Å². The van der Waals surface area contributed by atoms with E-state index in [1.54, 1.807) is 11.3 Å². The van der Waals surface area contributed by atoms with E-state index < -0.39 is 0 Å². The molecule has 2 aliphatic rings. The van der Waals surface area contributed by atoms with Crippen LogP contribution in [0.3, 0.4) is 0 Å². The standard InChI is InChI=1S/C20H27N3O3S/c1-13(2)17-12-27-19(22-17)15-4-3-7-23(10-15)20(24)16-11-26-18(21-16)14-5-8-25-9-6-14/h11-15H,3-10H2,1-2H3/t15-/m1/s1. The van der Waals surface area contributed by atoms with Crippen LogP contribution in [0.15, 0.2) is 16.1 Å². The van der Waals surface area contributed by atoms with E-state index in [1.165, 1.54) is 6.26 Å². The van der Waals surface area contributed by atoms with Gasteiger partial charge in [0.25, 0.3) is 5.91 Å². The minimum atomic E-state index is -0.0256. The Balaban J connectivity index is 1.43. The Bertz CT molecular complexity index is 779. The number of carbonyl (C=O) groups is 1. The Labute approximate surface area is 163 Å². The van der Waals surface area contributed by atoms with Gasteiger partial charge < -0.3 is 14.1 Å². The maximum Gasteiger partial charge on any atom is 0.275 e. The van der Waals surface area contributed by atoms with Crippen LogP contribution in [-0.2, 0) is 4.74 Å². The minimum Gasteiger partial charge on any atom is -0.448 e. The molecule has 0 radical (unpaired) electrons. The fourth-order valence-corrected chi connectivity index (χ4v) is 4.91. The van der Waals surface area contributed by atoms with E-state index in [9.17, 15) is 4.79 Å². The predicted octanol–water partition coefficient (Wildman–Crippen LogP) is 4.17. The first-order chi connectivity index (χ1) is 13.1. The molecule has 0 aromatic carbocycles. The molecule has 0 saturated carbocycles. The van der Waals surface area contributed by atoms with Crippen molar-refractivity contribution in [3.05, 3.63) is 33.9 Å². The fourth-order valence-electron chi connectivity index (χ4n) is 3.80. The number of hydrogen-bond donors (Lipinski definition) is 0. The fraction of sp³-hybridized carbons (Fsp3) is 0.650. The lowest BCUT2D eigenvalue weighted by Gasteiger charge is -2.31. The molecular formula is C20H27N3O3S. The zero-order chi connectivity index (χ0) is 18.8. The van der Waals surface area contributed by atoms with Gasteiger partial charge in [-0.3, -0.25) is 4.79 Å². The zero-order valence-corrected chi connectivity index (χ0v) is 16.8. The quantitative estimate of drug-likeness (QED) is 0.785. The van der Waals surface area contributed by atoms with Crippen LogP contribution in [0, 0.1) is 0 Å². The molecule has 2 aromatic rings. The molecule has 4 rings (SSSR count). The zero-order valence-electron chi connectivity index (χ0n) is 16.0. The average Bonchev–Trinajstić information content (AvgIpc) is 3.38. The van der Waals surface area contributed by atoms with Crippen molar-refractivity contribution >= 4 is 17.2 Å². The van der Waals surface area contributed by atoms with E-state index in [4.69, 9.17) is 14.1 Å². The highest BCUT2D eigenvalue weighted by atomic mass is 32.1. The molecule has 1 atom stereocenters. The van der Waals surface area contributed by atoms with E-state index in [-0.39, 0.29) is 11.8 Å². The summed E-state index contributed by atoms with van der Waals surface area (Å²) in [6.45, 7) is 7.28. The molecule has 0 spiro atoms. The van der Waals surface area contributed by atoms with E-state index in [0.29, 0.717) is 30.0 Å². The van der Waals surface area contributed by atoms with Gasteiger partial charge in [-0.2, -0.15) is 0 Å². The molecule has 0 unspecified atom stereocenters. The Morgan fingerprint density at radius 1 is 1.22 bits per heavy atom. The third kappa shape index (κ3) is 4.09. The van der Waals surface area contributed by atoms with E-state index >= 15 is 0 Å². The topological polar surface area (TPSA) is 68.5 Å². The highest BCUT2D eigenvalue weighted by molar-refractivity contribution is 7.09. The number of thiazole rings is 1. The van der Waals surface area contributed by atoms with Crippen molar-refractivity contribution in [3.63, 3.8) is 0 Å². The number of amides is 1. The molecule has 4 heterocycles. The Morgan fingerprint density at radius 3 is 2.78 bits per heavy atom. The number of nitrogens with zero attached hydrogens (tertiary/aromatic N) is 3. The lowest BCUT2D eigenvalue weighted by Crippen LogP contribution is -2.39. The molecule has 146 valence electrons. The van der Waals surface area contributed by atoms with Crippen molar-refractivity contribution in [2.24, 2.45) is 0 Å². The molecule has 0 bridgehead atoms. The second kappa shape index (κ2) is 8.10. The van der Waals surface area contributed by atoms with E-state index in [2.05, 4.69) is 24.2 Å². The number of oxazole rings is 1. The number of hydrogen-bond acceptors (Lipinski definition) is 6. The summed E-state index contributed by atoms with van der Waals surface area (Å²) >= 11 is 1.72. The normalized spacial score (nSPS) is 21.7. The summed E-state index contributed by atoms with van der Waals surface area (Å²) in [7, 11) is 0. The summed E-state index contributed by atoms with van der Waals surface area (Å²) in [5, 5.41) is 3.30. The highest BCUT2D eigenvalue weighted by Gasteiger charge is 2.30. The lowest BCUT2D eigenvalue weighted by molar-refractivity contribution is 0.0700. The monoisotopic (exact) mass is 389 g/mol. The van der Waals surface area contributed by atoms with Gasteiger partial charge in [0.15, 0.2) is 11.6 Å². The van der Waals surface area contributed by atoms with Gasteiger partial charge in [-0.15, -0.1) is 11.3 Å². The Morgan fingerprint density at radius 2 is 2.04 bits per heavy atom. The van der Waals surface area contributed by atoms with Crippen LogP contribution in [0.25, 0.3) is 0 Å². The van der Waals surface area contributed by atoms with Crippen LogP contribution in [-0.4, -0.2) is 47.1 Å². The summed E-state index contributed by atoms with van der Waals surface area (Å²) in [4.78, 5) is 24.2. The number of ether oxygens (including phenoxy) is 1. The number of piperidine rings is 1. The van der Waals surface area contributed by atoms with Gasteiger partial charge in [-0.25, -0.2) is 9.97 Å². The predicted molar refractivity (Wildman–Crippen MR) is 103 cm³/mol. The van der Waals surface area contributed by atoms with Crippen molar-refractivity contribution in [2.45, 2.75) is 57.3 Å². The molecule has 2 aromatic heterocycles. The number of rotatable bonds is 4. The first-order valence-electron chi connectivity index (χ1n) is 9.89. The van der Waals surface area contributed by atoms with Gasteiger partial charge in [0, 0.05) is 43.5 Å². The third-order valence-electron chi connectivity index (χ3n) is 5.50. The van der Waals surface area contributed by atoms with Gasteiger partial charge in [0.05, 0.1) is 10.7 Å². The molecular weight excluding hydrogens is 362 g/mol. The number of carbonyl (C=O) groups excluding carboxylic acids is 1. The minimum absolute atomic E-state index is 0.0256. The smallest absolute Gasteiger partial charge is 0.275 e.